The summed E-state index contributed by atoms with van der Waals surface area (Å²) in [6.07, 6.45) is 0.972. The summed E-state index contributed by atoms with van der Waals surface area (Å²) in [5.41, 5.74) is 3.21. The fourth-order valence-corrected chi connectivity index (χ4v) is 4.30. The molecule has 1 N–H and O–H groups in total. The highest BCUT2D eigenvalue weighted by Crippen LogP contribution is 2.63. The molecule has 1 heteroatoms. The van der Waals surface area contributed by atoms with E-state index in [1.54, 1.807) is 0 Å². The first-order chi connectivity index (χ1) is 7.86. The fraction of sp³-hybridized carbons (Fsp3) is 0.625. The van der Waals surface area contributed by atoms with Crippen LogP contribution in [0.2, 0.25) is 0 Å². The molecule has 0 bridgehead atoms. The van der Waals surface area contributed by atoms with Crippen molar-refractivity contribution >= 4 is 0 Å². The van der Waals surface area contributed by atoms with Crippen molar-refractivity contribution in [2.24, 2.45) is 11.3 Å². The highest BCUT2D eigenvalue weighted by Gasteiger charge is 2.60. The van der Waals surface area contributed by atoms with Gasteiger partial charge in [0.1, 0.15) is 0 Å². The molecular weight excluding hydrogens is 208 g/mol. The monoisotopic (exact) mass is 230 g/mol. The van der Waals surface area contributed by atoms with Crippen LogP contribution in [0.5, 0.6) is 0 Å². The standard InChI is InChI=1S/C16H22O/c1-15(2)9-11-13(16(3,4)14(11)17)10-7-5-6-8-12(10)15/h5-8,11,13-14,17H,9H2,1-4H3. The summed E-state index contributed by atoms with van der Waals surface area (Å²) in [4.78, 5) is 0. The molecule has 0 amide bonds. The van der Waals surface area contributed by atoms with E-state index in [-0.39, 0.29) is 16.9 Å². The molecule has 1 saturated carbocycles. The first-order valence-electron chi connectivity index (χ1n) is 6.63. The summed E-state index contributed by atoms with van der Waals surface area (Å²) in [7, 11) is 0. The zero-order valence-electron chi connectivity index (χ0n) is 11.2. The molecular formula is C16H22O. The van der Waals surface area contributed by atoms with Gasteiger partial charge in [0, 0.05) is 0 Å². The lowest BCUT2D eigenvalue weighted by Gasteiger charge is -2.61. The van der Waals surface area contributed by atoms with E-state index in [1.807, 2.05) is 0 Å². The third kappa shape index (κ3) is 1.29. The summed E-state index contributed by atoms with van der Waals surface area (Å²) in [5, 5.41) is 10.3. The van der Waals surface area contributed by atoms with Gasteiger partial charge in [-0.1, -0.05) is 52.0 Å². The molecule has 1 aromatic carbocycles. The predicted molar refractivity (Wildman–Crippen MR) is 70.1 cm³/mol. The molecule has 0 saturated heterocycles. The zero-order valence-corrected chi connectivity index (χ0v) is 11.2. The summed E-state index contributed by atoms with van der Waals surface area (Å²) >= 11 is 0. The Bertz CT molecular complexity index is 458. The minimum absolute atomic E-state index is 0.0390. The molecule has 3 rings (SSSR count). The summed E-state index contributed by atoms with van der Waals surface area (Å²) < 4.78 is 0. The van der Waals surface area contributed by atoms with Crippen molar-refractivity contribution in [2.45, 2.75) is 51.6 Å². The van der Waals surface area contributed by atoms with Crippen molar-refractivity contribution in [3.05, 3.63) is 35.4 Å². The molecule has 92 valence electrons. The van der Waals surface area contributed by atoms with Gasteiger partial charge in [-0.15, -0.1) is 0 Å². The third-order valence-electron chi connectivity index (χ3n) is 5.17. The smallest absolute Gasteiger partial charge is 0.0631 e. The number of fused-ring (bicyclic) bond motifs is 3. The minimum atomic E-state index is -0.139. The third-order valence-corrected chi connectivity index (χ3v) is 5.17. The molecule has 3 atom stereocenters. The van der Waals surface area contributed by atoms with Gasteiger partial charge >= 0.3 is 0 Å². The number of hydrogen-bond donors (Lipinski definition) is 1. The van der Waals surface area contributed by atoms with Crippen LogP contribution in [0.3, 0.4) is 0 Å². The maximum Gasteiger partial charge on any atom is 0.0631 e. The van der Waals surface area contributed by atoms with Crippen LogP contribution in [0.1, 0.15) is 51.2 Å². The zero-order chi connectivity index (χ0) is 12.4. The van der Waals surface area contributed by atoms with Crippen LogP contribution in [0.15, 0.2) is 24.3 Å². The summed E-state index contributed by atoms with van der Waals surface area (Å²) in [6.45, 7) is 9.02. The molecule has 0 aliphatic heterocycles. The number of aliphatic hydroxyl groups excluding tert-OH is 1. The normalized spacial score (nSPS) is 36.6. The van der Waals surface area contributed by atoms with E-state index in [1.165, 1.54) is 11.1 Å². The molecule has 1 aromatic rings. The van der Waals surface area contributed by atoms with Crippen LogP contribution >= 0.6 is 0 Å². The van der Waals surface area contributed by atoms with Gasteiger partial charge in [0.25, 0.3) is 0 Å². The average Bonchev–Trinajstić information content (AvgIpc) is 2.27. The molecule has 0 spiro atoms. The second-order valence-corrected chi connectivity index (χ2v) is 7.08. The van der Waals surface area contributed by atoms with Gasteiger partial charge < -0.3 is 5.11 Å². The Morgan fingerprint density at radius 3 is 2.47 bits per heavy atom. The lowest BCUT2D eigenvalue weighted by molar-refractivity contribution is -0.138. The fourth-order valence-electron chi connectivity index (χ4n) is 4.30. The summed E-state index contributed by atoms with van der Waals surface area (Å²) in [6, 6.07) is 8.81. The largest absolute Gasteiger partial charge is 0.392 e. The van der Waals surface area contributed by atoms with Crippen molar-refractivity contribution < 1.29 is 5.11 Å². The second-order valence-electron chi connectivity index (χ2n) is 7.08. The number of aliphatic hydroxyl groups is 1. The van der Waals surface area contributed by atoms with Crippen molar-refractivity contribution in [1.82, 2.24) is 0 Å². The maximum absolute atomic E-state index is 10.3. The molecule has 0 radical (unpaired) electrons. The van der Waals surface area contributed by atoms with Crippen molar-refractivity contribution in [1.29, 1.82) is 0 Å². The lowest BCUT2D eigenvalue weighted by atomic mass is 9.44. The van der Waals surface area contributed by atoms with E-state index in [4.69, 9.17) is 0 Å². The Hall–Kier alpha value is -0.820. The van der Waals surface area contributed by atoms with E-state index in [0.29, 0.717) is 11.8 Å². The quantitative estimate of drug-likeness (QED) is 0.723. The first-order valence-corrected chi connectivity index (χ1v) is 6.63. The van der Waals surface area contributed by atoms with Gasteiger partial charge in [-0.25, -0.2) is 0 Å². The lowest BCUT2D eigenvalue weighted by Crippen LogP contribution is -2.59. The molecule has 1 nitrogen and oxygen atoms in total. The van der Waals surface area contributed by atoms with Gasteiger partial charge in [0.15, 0.2) is 0 Å². The SMILES string of the molecule is CC1(C)CC2C(O)C(C)(C)C2c2ccccc21. The molecule has 2 aliphatic carbocycles. The topological polar surface area (TPSA) is 20.2 Å². The van der Waals surface area contributed by atoms with Crippen LogP contribution in [-0.2, 0) is 5.41 Å². The van der Waals surface area contributed by atoms with E-state index in [0.717, 1.165) is 6.42 Å². The summed E-state index contributed by atoms with van der Waals surface area (Å²) in [5.74, 6) is 0.997. The van der Waals surface area contributed by atoms with Crippen molar-refractivity contribution in [2.75, 3.05) is 0 Å². The number of hydrogen-bond acceptors (Lipinski definition) is 1. The Kier molecular flexibility index (Phi) is 2.08. The van der Waals surface area contributed by atoms with Gasteiger partial charge in [-0.2, -0.15) is 0 Å². The number of benzene rings is 1. The average molecular weight is 230 g/mol. The first kappa shape index (κ1) is 11.3. The van der Waals surface area contributed by atoms with Crippen molar-refractivity contribution in [3.8, 4) is 0 Å². The molecule has 17 heavy (non-hydrogen) atoms. The van der Waals surface area contributed by atoms with Crippen LogP contribution in [0, 0.1) is 11.3 Å². The van der Waals surface area contributed by atoms with Gasteiger partial charge in [-0.3, -0.25) is 0 Å². The van der Waals surface area contributed by atoms with Crippen LogP contribution in [0.25, 0.3) is 0 Å². The van der Waals surface area contributed by atoms with Crippen LogP contribution in [-0.4, -0.2) is 11.2 Å². The molecule has 3 unspecified atom stereocenters. The minimum Gasteiger partial charge on any atom is -0.392 e. The Balaban J connectivity index is 2.15. The van der Waals surface area contributed by atoms with Crippen LogP contribution in [0.4, 0.5) is 0 Å². The maximum atomic E-state index is 10.3. The van der Waals surface area contributed by atoms with E-state index in [9.17, 15) is 5.11 Å². The Morgan fingerprint density at radius 1 is 1.12 bits per heavy atom. The molecule has 2 aliphatic rings. The van der Waals surface area contributed by atoms with Crippen LogP contribution < -0.4 is 0 Å². The van der Waals surface area contributed by atoms with Gasteiger partial charge in [0.2, 0.25) is 0 Å². The van der Waals surface area contributed by atoms with E-state index < -0.39 is 0 Å². The number of rotatable bonds is 0. The van der Waals surface area contributed by atoms with Gasteiger partial charge in [0.05, 0.1) is 6.10 Å². The highest BCUT2D eigenvalue weighted by atomic mass is 16.3. The predicted octanol–water partition coefficient (Wildman–Crippen LogP) is 3.47. The van der Waals surface area contributed by atoms with Gasteiger partial charge in [-0.05, 0) is 40.2 Å². The Labute approximate surface area is 104 Å². The molecule has 1 fully saturated rings. The van der Waals surface area contributed by atoms with E-state index >= 15 is 0 Å². The highest BCUT2D eigenvalue weighted by molar-refractivity contribution is 5.43. The van der Waals surface area contributed by atoms with E-state index in [2.05, 4.69) is 52.0 Å². The van der Waals surface area contributed by atoms with Crippen molar-refractivity contribution in [3.63, 3.8) is 0 Å². The Morgan fingerprint density at radius 2 is 1.76 bits per heavy atom. The molecule has 0 heterocycles. The molecule has 0 aromatic heterocycles. The second kappa shape index (κ2) is 3.14.